The number of amides is 2. The number of hydrogen-bond acceptors (Lipinski definition) is 6. The smallest absolute Gasteiger partial charge is 0.435 e. The number of hydrogen-bond donors (Lipinski definition) is 3. The number of carbonyl (C=O) groups excluding carboxylic acids is 2. The summed E-state index contributed by atoms with van der Waals surface area (Å²) < 4.78 is 45.6. The van der Waals surface area contributed by atoms with Crippen LogP contribution in [0.25, 0.3) is 0 Å². The quantitative estimate of drug-likeness (QED) is 0.551. The Balaban J connectivity index is 1.38. The van der Waals surface area contributed by atoms with Gasteiger partial charge < -0.3 is 25.2 Å². The Morgan fingerprint density at radius 2 is 1.92 bits per heavy atom. The third-order valence-corrected chi connectivity index (χ3v) is 7.49. The van der Waals surface area contributed by atoms with Gasteiger partial charge in [0.1, 0.15) is 5.75 Å². The molecule has 0 saturated carbocycles. The number of aliphatic hydroxyl groups excluding tert-OH is 2. The van der Waals surface area contributed by atoms with E-state index in [1.54, 1.807) is 29.2 Å². The number of benzene rings is 1. The number of aromatic nitrogens is 2. The molecule has 4 rings (SSSR count). The minimum absolute atomic E-state index is 0.00163. The van der Waals surface area contributed by atoms with Crippen LogP contribution >= 0.6 is 0 Å². The molecule has 1 aromatic carbocycles. The van der Waals surface area contributed by atoms with Crippen LogP contribution in [0.2, 0.25) is 0 Å². The molecular formula is C26H33F3N4O5. The fourth-order valence-corrected chi connectivity index (χ4v) is 5.15. The van der Waals surface area contributed by atoms with Crippen molar-refractivity contribution in [2.24, 2.45) is 5.41 Å². The Morgan fingerprint density at radius 3 is 2.61 bits per heavy atom. The van der Waals surface area contributed by atoms with Crippen molar-refractivity contribution in [2.75, 3.05) is 26.2 Å². The average molecular weight is 539 g/mol. The lowest BCUT2D eigenvalue weighted by Crippen LogP contribution is -2.51. The molecule has 38 heavy (non-hydrogen) atoms. The molecule has 0 bridgehead atoms. The number of likely N-dealkylation sites (tertiary alicyclic amines) is 1. The molecule has 2 aliphatic heterocycles. The molecule has 0 radical (unpaired) electrons. The number of nitrogens with zero attached hydrogens (tertiary/aromatic N) is 3. The van der Waals surface area contributed by atoms with Crippen LogP contribution < -0.4 is 10.1 Å². The molecule has 2 amide bonds. The second-order valence-corrected chi connectivity index (χ2v) is 10.2. The molecule has 208 valence electrons. The van der Waals surface area contributed by atoms with E-state index < -0.39 is 29.5 Å². The van der Waals surface area contributed by atoms with Gasteiger partial charge in [-0.25, -0.2) is 0 Å². The van der Waals surface area contributed by atoms with E-state index in [9.17, 15) is 33.0 Å². The molecule has 1 spiro atoms. The van der Waals surface area contributed by atoms with Gasteiger partial charge in [0.05, 0.1) is 12.2 Å². The average Bonchev–Trinajstić information content (AvgIpc) is 3.26. The van der Waals surface area contributed by atoms with Crippen LogP contribution in [0.1, 0.15) is 42.6 Å². The zero-order chi connectivity index (χ0) is 27.5. The van der Waals surface area contributed by atoms with Crippen LogP contribution in [-0.2, 0) is 28.7 Å². The molecule has 2 aromatic rings. The molecule has 1 aromatic heterocycles. The molecule has 0 aliphatic carbocycles. The van der Waals surface area contributed by atoms with E-state index in [0.717, 1.165) is 6.07 Å². The minimum Gasteiger partial charge on any atom is -0.483 e. The number of para-hydroxylation sites is 1. The summed E-state index contributed by atoms with van der Waals surface area (Å²) in [6.07, 6.45) is -5.25. The Labute approximate surface area is 218 Å². The van der Waals surface area contributed by atoms with Gasteiger partial charge in [-0.15, -0.1) is 0 Å². The Hall–Kier alpha value is -3.12. The standard InChI is InChI=1S/C26H33F3N4O5/c1-17-12-22(26(27,28)29)31-33(17)9-6-24(37)32-10-7-25(8-11-32)14-20(35)19(34)13-18-4-2-3-5-21(18)38-15-23(36)30-16-25/h2-5,12,19-20,34-35H,6-11,13-16H2,1H3,(H,30,36)/t19-,20+/m0/s1. The number of rotatable bonds is 3. The highest BCUT2D eigenvalue weighted by Gasteiger charge is 2.40. The highest BCUT2D eigenvalue weighted by Crippen LogP contribution is 2.37. The monoisotopic (exact) mass is 538 g/mol. The van der Waals surface area contributed by atoms with Gasteiger partial charge in [0, 0.05) is 44.7 Å². The second-order valence-electron chi connectivity index (χ2n) is 10.2. The van der Waals surface area contributed by atoms with Crippen molar-refractivity contribution in [1.29, 1.82) is 0 Å². The largest absolute Gasteiger partial charge is 0.483 e. The van der Waals surface area contributed by atoms with Crippen molar-refractivity contribution < 1.29 is 37.7 Å². The van der Waals surface area contributed by atoms with Gasteiger partial charge in [0.25, 0.3) is 5.91 Å². The second kappa shape index (κ2) is 11.3. The highest BCUT2D eigenvalue weighted by atomic mass is 19.4. The Morgan fingerprint density at radius 1 is 1.21 bits per heavy atom. The zero-order valence-corrected chi connectivity index (χ0v) is 21.2. The molecular weight excluding hydrogens is 505 g/mol. The summed E-state index contributed by atoms with van der Waals surface area (Å²) in [4.78, 5) is 27.0. The van der Waals surface area contributed by atoms with Gasteiger partial charge in [0.2, 0.25) is 5.91 Å². The van der Waals surface area contributed by atoms with Crippen LogP contribution in [0.4, 0.5) is 13.2 Å². The number of aryl methyl sites for hydroxylation is 2. The molecule has 0 unspecified atom stereocenters. The SMILES string of the molecule is Cc1cc(C(F)(F)F)nn1CCC(=O)N1CCC2(CC1)CNC(=O)COc1ccccc1C[C@H](O)[C@H](O)C2. The molecule has 9 nitrogen and oxygen atoms in total. The predicted molar refractivity (Wildman–Crippen MR) is 130 cm³/mol. The number of carbonyl (C=O) groups is 2. The van der Waals surface area contributed by atoms with Gasteiger partial charge in [-0.05, 0) is 49.3 Å². The number of aliphatic hydroxyl groups is 2. The fourth-order valence-electron chi connectivity index (χ4n) is 5.15. The van der Waals surface area contributed by atoms with Crippen molar-refractivity contribution in [2.45, 2.75) is 64.0 Å². The van der Waals surface area contributed by atoms with Gasteiger partial charge in [-0.2, -0.15) is 18.3 Å². The van der Waals surface area contributed by atoms with Crippen molar-refractivity contribution in [1.82, 2.24) is 20.0 Å². The van der Waals surface area contributed by atoms with Crippen LogP contribution in [0, 0.1) is 12.3 Å². The first-order chi connectivity index (χ1) is 18.0. The number of fused-ring (bicyclic) bond motifs is 1. The third-order valence-electron chi connectivity index (χ3n) is 7.49. The zero-order valence-electron chi connectivity index (χ0n) is 21.2. The summed E-state index contributed by atoms with van der Waals surface area (Å²) in [5.41, 5.74) is -0.504. The summed E-state index contributed by atoms with van der Waals surface area (Å²) in [7, 11) is 0. The number of alkyl halides is 3. The number of piperidine rings is 1. The summed E-state index contributed by atoms with van der Waals surface area (Å²) >= 11 is 0. The lowest BCUT2D eigenvalue weighted by Gasteiger charge is -2.43. The maximum absolute atomic E-state index is 12.9. The summed E-state index contributed by atoms with van der Waals surface area (Å²) in [5.74, 6) is -0.0249. The molecule has 2 aliphatic rings. The summed E-state index contributed by atoms with van der Waals surface area (Å²) in [5, 5.41) is 28.0. The normalized spacial score (nSPS) is 22.6. The van der Waals surface area contributed by atoms with Crippen molar-refractivity contribution in [3.8, 4) is 5.75 Å². The van der Waals surface area contributed by atoms with E-state index in [4.69, 9.17) is 4.74 Å². The van der Waals surface area contributed by atoms with Gasteiger partial charge in [-0.1, -0.05) is 18.2 Å². The number of halogens is 3. The van der Waals surface area contributed by atoms with Gasteiger partial charge >= 0.3 is 6.18 Å². The van der Waals surface area contributed by atoms with Crippen LogP contribution in [-0.4, -0.2) is 75.2 Å². The lowest BCUT2D eigenvalue weighted by molar-refractivity contribution is -0.141. The van der Waals surface area contributed by atoms with Crippen molar-refractivity contribution >= 4 is 11.8 Å². The van der Waals surface area contributed by atoms with Crippen LogP contribution in [0.15, 0.2) is 30.3 Å². The molecule has 1 saturated heterocycles. The molecule has 12 heteroatoms. The number of nitrogens with one attached hydrogen (secondary N) is 1. The van der Waals surface area contributed by atoms with E-state index in [0.29, 0.717) is 42.9 Å². The Kier molecular flexibility index (Phi) is 8.31. The third kappa shape index (κ3) is 6.65. The molecule has 3 heterocycles. The van der Waals surface area contributed by atoms with Crippen molar-refractivity contribution in [3.05, 3.63) is 47.3 Å². The summed E-state index contributed by atoms with van der Waals surface area (Å²) in [6.45, 7) is 2.35. The van der Waals surface area contributed by atoms with E-state index in [2.05, 4.69) is 10.4 Å². The highest BCUT2D eigenvalue weighted by molar-refractivity contribution is 5.77. The van der Waals surface area contributed by atoms with E-state index in [-0.39, 0.29) is 50.8 Å². The van der Waals surface area contributed by atoms with Crippen molar-refractivity contribution in [3.63, 3.8) is 0 Å². The maximum Gasteiger partial charge on any atom is 0.435 e. The topological polar surface area (TPSA) is 117 Å². The minimum atomic E-state index is -4.54. The molecule has 3 N–H and O–H groups in total. The first kappa shape index (κ1) is 27.9. The van der Waals surface area contributed by atoms with Crippen LogP contribution in [0.5, 0.6) is 5.75 Å². The van der Waals surface area contributed by atoms with E-state index in [1.807, 2.05) is 0 Å². The molecule has 1 fully saturated rings. The first-order valence-electron chi connectivity index (χ1n) is 12.7. The molecule has 2 atom stereocenters. The maximum atomic E-state index is 12.9. The lowest BCUT2D eigenvalue weighted by atomic mass is 9.73. The fraction of sp³-hybridized carbons (Fsp3) is 0.577. The first-order valence-corrected chi connectivity index (χ1v) is 12.7. The van der Waals surface area contributed by atoms with Gasteiger partial charge in [0.15, 0.2) is 12.3 Å². The van der Waals surface area contributed by atoms with E-state index in [1.165, 1.54) is 11.6 Å². The predicted octanol–water partition coefficient (Wildman–Crippen LogP) is 2.07. The van der Waals surface area contributed by atoms with E-state index >= 15 is 0 Å². The summed E-state index contributed by atoms with van der Waals surface area (Å²) in [6, 6.07) is 8.01. The Bertz CT molecular complexity index is 1140. The van der Waals surface area contributed by atoms with Gasteiger partial charge in [-0.3, -0.25) is 14.3 Å². The number of ether oxygens (including phenoxy) is 1. The van der Waals surface area contributed by atoms with Crippen LogP contribution in [0.3, 0.4) is 0 Å².